The first kappa shape index (κ1) is 17.9. The number of nitriles is 1. The van der Waals surface area contributed by atoms with Crippen LogP contribution in [-0.2, 0) is 13.1 Å². The van der Waals surface area contributed by atoms with Crippen LogP contribution in [0.5, 0.6) is 0 Å². The van der Waals surface area contributed by atoms with Gasteiger partial charge in [-0.3, -0.25) is 19.0 Å². The van der Waals surface area contributed by atoms with E-state index >= 15 is 0 Å². The van der Waals surface area contributed by atoms with Crippen molar-refractivity contribution in [1.82, 2.24) is 19.2 Å². The van der Waals surface area contributed by atoms with Gasteiger partial charge in [0.1, 0.15) is 0 Å². The number of rotatable bonds is 4. The molecule has 0 spiro atoms. The average molecular weight is 379 g/mol. The van der Waals surface area contributed by atoms with Gasteiger partial charge in [-0.25, -0.2) is 4.98 Å². The summed E-state index contributed by atoms with van der Waals surface area (Å²) >= 11 is 1.51. The first-order valence-corrected chi connectivity index (χ1v) is 9.91. The summed E-state index contributed by atoms with van der Waals surface area (Å²) in [6.07, 6.45) is 0. The lowest BCUT2D eigenvalue weighted by atomic mass is 10.1. The third-order valence-electron chi connectivity index (χ3n) is 4.97. The molecule has 0 atom stereocenters. The Bertz CT molecular complexity index is 1040. The van der Waals surface area contributed by atoms with Crippen molar-refractivity contribution in [3.05, 3.63) is 68.6 Å². The van der Waals surface area contributed by atoms with Gasteiger partial charge in [0.25, 0.3) is 5.56 Å². The highest BCUT2D eigenvalue weighted by Gasteiger charge is 2.18. The number of piperazine rings is 1. The van der Waals surface area contributed by atoms with Crippen LogP contribution in [0.3, 0.4) is 0 Å². The zero-order valence-electron chi connectivity index (χ0n) is 15.3. The van der Waals surface area contributed by atoms with Gasteiger partial charge >= 0.3 is 0 Å². The Morgan fingerprint density at radius 1 is 1.11 bits per heavy atom. The zero-order valence-corrected chi connectivity index (χ0v) is 16.1. The quantitative estimate of drug-likeness (QED) is 0.696. The number of thiazole rings is 1. The number of benzene rings is 1. The van der Waals surface area contributed by atoms with E-state index in [9.17, 15) is 4.79 Å². The summed E-state index contributed by atoms with van der Waals surface area (Å²) in [7, 11) is 0. The van der Waals surface area contributed by atoms with Crippen molar-refractivity contribution >= 4 is 16.3 Å². The van der Waals surface area contributed by atoms with Crippen LogP contribution in [-0.4, -0.2) is 45.4 Å². The number of nitrogens with zero attached hydrogens (tertiary/aromatic N) is 5. The molecule has 0 saturated carbocycles. The smallest absolute Gasteiger partial charge is 0.259 e. The molecule has 1 fully saturated rings. The van der Waals surface area contributed by atoms with E-state index in [2.05, 4.69) is 20.9 Å². The molecule has 0 aliphatic carbocycles. The standard InChI is InChI=1S/C20H21N5OS/c1-15-14-27-20-22-18(10-19(26)25(15)20)13-24-8-6-23(7-9-24)12-17-4-2-16(11-21)3-5-17/h2-5,10,14H,6-9,12-13H2,1H3. The molecular weight excluding hydrogens is 358 g/mol. The Labute approximate surface area is 161 Å². The van der Waals surface area contributed by atoms with Gasteiger partial charge in [0.2, 0.25) is 0 Å². The minimum absolute atomic E-state index is 0.00759. The van der Waals surface area contributed by atoms with Gasteiger partial charge in [0.15, 0.2) is 4.96 Å². The van der Waals surface area contributed by atoms with Crippen LogP contribution in [0.4, 0.5) is 0 Å². The molecule has 2 aromatic heterocycles. The molecule has 0 unspecified atom stereocenters. The fraction of sp³-hybridized carbons (Fsp3) is 0.350. The molecule has 4 rings (SSSR count). The molecule has 1 aliphatic rings. The van der Waals surface area contributed by atoms with E-state index in [1.165, 1.54) is 16.9 Å². The summed E-state index contributed by atoms with van der Waals surface area (Å²) in [6.45, 7) is 7.44. The molecule has 1 aromatic carbocycles. The second-order valence-corrected chi connectivity index (χ2v) is 7.78. The number of aromatic nitrogens is 2. The zero-order chi connectivity index (χ0) is 18.8. The van der Waals surface area contributed by atoms with Crippen molar-refractivity contribution in [2.45, 2.75) is 20.0 Å². The summed E-state index contributed by atoms with van der Waals surface area (Å²) < 4.78 is 1.67. The van der Waals surface area contributed by atoms with E-state index in [1.54, 1.807) is 10.5 Å². The molecule has 1 aliphatic heterocycles. The Kier molecular flexibility index (Phi) is 5.03. The molecule has 6 nitrogen and oxygen atoms in total. The van der Waals surface area contributed by atoms with Gasteiger partial charge in [-0.1, -0.05) is 12.1 Å². The maximum absolute atomic E-state index is 12.3. The molecule has 0 radical (unpaired) electrons. The number of hydrogen-bond donors (Lipinski definition) is 0. The predicted molar refractivity (Wildman–Crippen MR) is 106 cm³/mol. The van der Waals surface area contributed by atoms with Crippen LogP contribution in [0, 0.1) is 18.3 Å². The second-order valence-electron chi connectivity index (χ2n) is 6.94. The van der Waals surface area contributed by atoms with Crippen molar-refractivity contribution in [3.63, 3.8) is 0 Å². The van der Waals surface area contributed by atoms with E-state index in [4.69, 9.17) is 5.26 Å². The molecule has 3 aromatic rings. The molecule has 138 valence electrons. The van der Waals surface area contributed by atoms with Crippen LogP contribution in [0.15, 0.2) is 40.5 Å². The van der Waals surface area contributed by atoms with E-state index < -0.39 is 0 Å². The molecule has 7 heteroatoms. The van der Waals surface area contributed by atoms with Gasteiger partial charge in [-0.2, -0.15) is 5.26 Å². The van der Waals surface area contributed by atoms with Crippen LogP contribution in [0.2, 0.25) is 0 Å². The topological polar surface area (TPSA) is 64.6 Å². The lowest BCUT2D eigenvalue weighted by Crippen LogP contribution is -2.45. The highest BCUT2D eigenvalue weighted by atomic mass is 32.1. The normalized spacial score (nSPS) is 15.9. The molecule has 3 heterocycles. The number of hydrogen-bond acceptors (Lipinski definition) is 6. The van der Waals surface area contributed by atoms with Crippen LogP contribution in [0.1, 0.15) is 22.5 Å². The molecule has 0 amide bonds. The first-order chi connectivity index (χ1) is 13.1. The third kappa shape index (κ3) is 3.93. The lowest BCUT2D eigenvalue weighted by Gasteiger charge is -2.34. The molecule has 0 bridgehead atoms. The number of aryl methyl sites for hydroxylation is 1. The summed E-state index contributed by atoms with van der Waals surface area (Å²) in [5, 5.41) is 10.9. The Hall–Kier alpha value is -2.53. The highest BCUT2D eigenvalue weighted by Crippen LogP contribution is 2.14. The van der Waals surface area contributed by atoms with Gasteiger partial charge in [-0.15, -0.1) is 11.3 Å². The van der Waals surface area contributed by atoms with E-state index in [0.717, 1.165) is 49.1 Å². The van der Waals surface area contributed by atoms with Gasteiger partial charge < -0.3 is 0 Å². The highest BCUT2D eigenvalue weighted by molar-refractivity contribution is 7.15. The minimum atomic E-state index is 0.00759. The maximum atomic E-state index is 12.3. The largest absolute Gasteiger partial charge is 0.297 e. The van der Waals surface area contributed by atoms with Crippen molar-refractivity contribution in [1.29, 1.82) is 5.26 Å². The summed E-state index contributed by atoms with van der Waals surface area (Å²) in [4.78, 5) is 22.5. The van der Waals surface area contributed by atoms with Crippen molar-refractivity contribution < 1.29 is 0 Å². The van der Waals surface area contributed by atoms with Crippen molar-refractivity contribution in [2.24, 2.45) is 0 Å². The second kappa shape index (κ2) is 7.61. The summed E-state index contributed by atoms with van der Waals surface area (Å²) in [6, 6.07) is 11.6. The summed E-state index contributed by atoms with van der Waals surface area (Å²) in [5.41, 5.74) is 3.73. The third-order valence-corrected chi connectivity index (χ3v) is 5.91. The fourth-order valence-electron chi connectivity index (χ4n) is 3.46. The van der Waals surface area contributed by atoms with Gasteiger partial charge in [0.05, 0.1) is 17.3 Å². The Morgan fingerprint density at radius 3 is 2.44 bits per heavy atom. The predicted octanol–water partition coefficient (Wildman–Crippen LogP) is 2.25. The minimum Gasteiger partial charge on any atom is -0.297 e. The Balaban J connectivity index is 1.35. The van der Waals surface area contributed by atoms with E-state index in [1.807, 2.05) is 36.6 Å². The number of fused-ring (bicyclic) bond motifs is 1. The molecule has 1 saturated heterocycles. The SMILES string of the molecule is Cc1csc2nc(CN3CCN(Cc4ccc(C#N)cc4)CC3)cc(=O)n12. The van der Waals surface area contributed by atoms with Crippen LogP contribution in [0.25, 0.3) is 4.96 Å². The van der Waals surface area contributed by atoms with E-state index in [0.29, 0.717) is 12.1 Å². The fourth-order valence-corrected chi connectivity index (χ4v) is 4.35. The molecular formula is C20H21N5OS. The monoisotopic (exact) mass is 379 g/mol. The maximum Gasteiger partial charge on any atom is 0.259 e. The first-order valence-electron chi connectivity index (χ1n) is 9.03. The molecule has 27 heavy (non-hydrogen) atoms. The van der Waals surface area contributed by atoms with Gasteiger partial charge in [-0.05, 0) is 24.6 Å². The average Bonchev–Trinajstić information content (AvgIpc) is 3.05. The molecule has 0 N–H and O–H groups in total. The van der Waals surface area contributed by atoms with Crippen LogP contribution >= 0.6 is 11.3 Å². The van der Waals surface area contributed by atoms with Crippen molar-refractivity contribution in [2.75, 3.05) is 26.2 Å². The summed E-state index contributed by atoms with van der Waals surface area (Å²) in [5.74, 6) is 0. The van der Waals surface area contributed by atoms with Crippen molar-refractivity contribution in [3.8, 4) is 6.07 Å². The van der Waals surface area contributed by atoms with Crippen LogP contribution < -0.4 is 5.56 Å². The van der Waals surface area contributed by atoms with Gasteiger partial charge in [0, 0.05) is 56.4 Å². The Morgan fingerprint density at radius 2 is 1.78 bits per heavy atom. The lowest BCUT2D eigenvalue weighted by molar-refractivity contribution is 0.121. The van der Waals surface area contributed by atoms with E-state index in [-0.39, 0.29) is 5.56 Å².